The van der Waals surface area contributed by atoms with E-state index in [1.54, 1.807) is 12.4 Å². The van der Waals surface area contributed by atoms with Gasteiger partial charge in [0.05, 0.1) is 32.2 Å². The number of likely N-dealkylation sites (N-methyl/N-ethyl adjacent to an activating group) is 1. The monoisotopic (exact) mass is 407 g/mol. The molecule has 3 heterocycles. The zero-order chi connectivity index (χ0) is 20.5. The van der Waals surface area contributed by atoms with Crippen LogP contribution in [0.25, 0.3) is 0 Å². The predicted molar refractivity (Wildman–Crippen MR) is 108 cm³/mol. The van der Waals surface area contributed by atoms with Crippen LogP contribution in [0.5, 0.6) is 11.8 Å². The minimum Gasteiger partial charge on any atom is -0.475 e. The van der Waals surface area contributed by atoms with E-state index in [-0.39, 0.29) is 12.0 Å². The molecule has 9 nitrogen and oxygen atoms in total. The van der Waals surface area contributed by atoms with Gasteiger partial charge in [-0.3, -0.25) is 19.6 Å². The van der Waals surface area contributed by atoms with E-state index >= 15 is 0 Å². The van der Waals surface area contributed by atoms with Gasteiger partial charge in [0.25, 0.3) is 0 Å². The lowest BCUT2D eigenvalue weighted by atomic mass is 10.3. The van der Waals surface area contributed by atoms with Crippen LogP contribution < -0.4 is 9.47 Å². The van der Waals surface area contributed by atoms with Gasteiger partial charge in [-0.25, -0.2) is 0 Å². The highest BCUT2D eigenvalue weighted by Crippen LogP contribution is 2.18. The Morgan fingerprint density at radius 2 is 1.93 bits per heavy atom. The van der Waals surface area contributed by atoms with Gasteiger partial charge in [-0.05, 0) is 20.3 Å². The smallest absolute Gasteiger partial charge is 0.236 e. The van der Waals surface area contributed by atoms with Gasteiger partial charge >= 0.3 is 0 Å². The van der Waals surface area contributed by atoms with Gasteiger partial charge in [0.2, 0.25) is 17.7 Å². The lowest BCUT2D eigenvalue weighted by Gasteiger charge is -2.26. The van der Waals surface area contributed by atoms with Gasteiger partial charge in [0.1, 0.15) is 12.7 Å². The predicted octanol–water partition coefficient (Wildman–Crippen LogP) is 0.509. The summed E-state index contributed by atoms with van der Waals surface area (Å²) in [5.74, 6) is 1.12. The number of carbonyl (C=O) groups excluding carboxylic acids is 1. The molecule has 3 rings (SSSR count). The average Bonchev–Trinajstić information content (AvgIpc) is 3.16. The number of rotatable bonds is 10. The first-order chi connectivity index (χ1) is 14.2. The third-order valence-corrected chi connectivity index (χ3v) is 5.34. The molecule has 2 fully saturated rings. The zero-order valence-corrected chi connectivity index (χ0v) is 17.6. The normalized spacial score (nSPS) is 20.6. The minimum atomic E-state index is 0.0115. The SMILES string of the molecule is CCN(CC)C(=O)CN1CCC(Oc2cncc(OCCN3CCOCC3)n2)C1. The first-order valence-electron chi connectivity index (χ1n) is 10.6. The Balaban J connectivity index is 1.41. The van der Waals surface area contributed by atoms with Crippen molar-refractivity contribution >= 4 is 5.91 Å². The fourth-order valence-corrected chi connectivity index (χ4v) is 3.64. The molecule has 1 aromatic rings. The van der Waals surface area contributed by atoms with Crippen molar-refractivity contribution in [2.75, 3.05) is 72.2 Å². The van der Waals surface area contributed by atoms with E-state index < -0.39 is 0 Å². The molecule has 1 amide bonds. The number of aromatic nitrogens is 2. The topological polar surface area (TPSA) is 80.3 Å². The maximum Gasteiger partial charge on any atom is 0.236 e. The molecule has 0 bridgehead atoms. The molecule has 1 aromatic heterocycles. The van der Waals surface area contributed by atoms with E-state index in [9.17, 15) is 4.79 Å². The van der Waals surface area contributed by atoms with Crippen molar-refractivity contribution in [1.29, 1.82) is 0 Å². The van der Waals surface area contributed by atoms with Gasteiger partial charge < -0.3 is 19.1 Å². The van der Waals surface area contributed by atoms with Crippen LogP contribution >= 0.6 is 0 Å². The van der Waals surface area contributed by atoms with E-state index in [2.05, 4.69) is 19.8 Å². The highest BCUT2D eigenvalue weighted by Gasteiger charge is 2.27. The molecule has 29 heavy (non-hydrogen) atoms. The molecular formula is C20H33N5O4. The number of likely N-dealkylation sites (tertiary alicyclic amines) is 1. The summed E-state index contributed by atoms with van der Waals surface area (Å²) in [4.78, 5) is 27.2. The number of hydrogen-bond acceptors (Lipinski definition) is 8. The fraction of sp³-hybridized carbons (Fsp3) is 0.750. The first kappa shape index (κ1) is 21.7. The van der Waals surface area contributed by atoms with Crippen molar-refractivity contribution in [3.63, 3.8) is 0 Å². The van der Waals surface area contributed by atoms with Crippen molar-refractivity contribution in [1.82, 2.24) is 24.7 Å². The van der Waals surface area contributed by atoms with Crippen molar-refractivity contribution in [3.05, 3.63) is 12.4 Å². The molecule has 0 spiro atoms. The average molecular weight is 408 g/mol. The Bertz CT molecular complexity index is 637. The lowest BCUT2D eigenvalue weighted by Crippen LogP contribution is -2.39. The highest BCUT2D eigenvalue weighted by molar-refractivity contribution is 5.78. The number of carbonyl (C=O) groups is 1. The summed E-state index contributed by atoms with van der Waals surface area (Å²) < 4.78 is 17.1. The molecule has 2 saturated heterocycles. The quantitative estimate of drug-likeness (QED) is 0.555. The van der Waals surface area contributed by atoms with Gasteiger partial charge in [0.15, 0.2) is 0 Å². The van der Waals surface area contributed by atoms with Crippen LogP contribution in [0.3, 0.4) is 0 Å². The zero-order valence-electron chi connectivity index (χ0n) is 17.6. The first-order valence-corrected chi connectivity index (χ1v) is 10.6. The van der Waals surface area contributed by atoms with Crippen molar-refractivity contribution in [3.8, 4) is 11.8 Å². The second-order valence-corrected chi connectivity index (χ2v) is 7.33. The maximum absolute atomic E-state index is 12.3. The van der Waals surface area contributed by atoms with Gasteiger partial charge in [-0.2, -0.15) is 4.98 Å². The second kappa shape index (κ2) is 11.3. The molecule has 1 atom stereocenters. The van der Waals surface area contributed by atoms with Crippen LogP contribution in [0.2, 0.25) is 0 Å². The van der Waals surface area contributed by atoms with E-state index in [1.807, 2.05) is 18.7 Å². The molecule has 2 aliphatic heterocycles. The Kier molecular flexibility index (Phi) is 8.45. The molecular weight excluding hydrogens is 374 g/mol. The van der Waals surface area contributed by atoms with Crippen LogP contribution in [0.15, 0.2) is 12.4 Å². The number of amides is 1. The minimum absolute atomic E-state index is 0.0115. The number of hydrogen-bond donors (Lipinski definition) is 0. The number of nitrogens with zero attached hydrogens (tertiary/aromatic N) is 5. The van der Waals surface area contributed by atoms with E-state index in [0.717, 1.165) is 65.4 Å². The third-order valence-electron chi connectivity index (χ3n) is 5.34. The standard InChI is InChI=1S/C20H33N5O4/c1-3-25(4-2)20(26)16-24-6-5-17(15-24)29-19-14-21-13-18(22-19)28-12-9-23-7-10-27-11-8-23/h13-14,17H,3-12,15-16H2,1-2H3. The van der Waals surface area contributed by atoms with Crippen LogP contribution in [0.1, 0.15) is 20.3 Å². The largest absolute Gasteiger partial charge is 0.475 e. The van der Waals surface area contributed by atoms with E-state index in [4.69, 9.17) is 14.2 Å². The molecule has 0 N–H and O–H groups in total. The maximum atomic E-state index is 12.3. The molecule has 1 unspecified atom stereocenters. The molecule has 0 saturated carbocycles. The van der Waals surface area contributed by atoms with Gasteiger partial charge in [0, 0.05) is 45.8 Å². The Hall–Kier alpha value is -1.97. The van der Waals surface area contributed by atoms with Gasteiger partial charge in [-0.1, -0.05) is 0 Å². The summed E-state index contributed by atoms with van der Waals surface area (Å²) in [6.45, 7) is 12.4. The summed E-state index contributed by atoms with van der Waals surface area (Å²) in [5, 5.41) is 0. The summed E-state index contributed by atoms with van der Waals surface area (Å²) in [6, 6.07) is 0. The summed E-state index contributed by atoms with van der Waals surface area (Å²) >= 11 is 0. The third kappa shape index (κ3) is 6.80. The Morgan fingerprint density at radius 1 is 1.17 bits per heavy atom. The number of ether oxygens (including phenoxy) is 3. The highest BCUT2D eigenvalue weighted by atomic mass is 16.5. The molecule has 2 aliphatic rings. The molecule has 162 valence electrons. The summed E-state index contributed by atoms with van der Waals surface area (Å²) in [7, 11) is 0. The van der Waals surface area contributed by atoms with Crippen LogP contribution in [0.4, 0.5) is 0 Å². The Labute approximate surface area is 172 Å². The van der Waals surface area contributed by atoms with Crippen molar-refractivity contribution in [2.24, 2.45) is 0 Å². The second-order valence-electron chi connectivity index (χ2n) is 7.33. The molecule has 0 aromatic carbocycles. The Morgan fingerprint density at radius 3 is 2.69 bits per heavy atom. The summed E-state index contributed by atoms with van der Waals surface area (Å²) in [6.07, 6.45) is 4.10. The van der Waals surface area contributed by atoms with E-state index in [1.165, 1.54) is 0 Å². The van der Waals surface area contributed by atoms with Crippen molar-refractivity contribution in [2.45, 2.75) is 26.4 Å². The lowest BCUT2D eigenvalue weighted by molar-refractivity contribution is -0.131. The fourth-order valence-electron chi connectivity index (χ4n) is 3.64. The molecule has 0 radical (unpaired) electrons. The van der Waals surface area contributed by atoms with Crippen LogP contribution in [-0.4, -0.2) is 109 Å². The molecule has 9 heteroatoms. The van der Waals surface area contributed by atoms with E-state index in [0.29, 0.717) is 24.9 Å². The van der Waals surface area contributed by atoms with Crippen LogP contribution in [0, 0.1) is 0 Å². The van der Waals surface area contributed by atoms with Crippen LogP contribution in [-0.2, 0) is 9.53 Å². The molecule has 0 aliphatic carbocycles. The number of morpholine rings is 1. The van der Waals surface area contributed by atoms with Crippen molar-refractivity contribution < 1.29 is 19.0 Å². The summed E-state index contributed by atoms with van der Waals surface area (Å²) in [5.41, 5.74) is 0. The van der Waals surface area contributed by atoms with Gasteiger partial charge in [-0.15, -0.1) is 0 Å².